The number of aromatic nitrogens is 2. The lowest BCUT2D eigenvalue weighted by Crippen LogP contribution is -2.24. The van der Waals surface area contributed by atoms with E-state index in [0.29, 0.717) is 10.8 Å². The lowest BCUT2D eigenvalue weighted by atomic mass is 10.1. The molecule has 0 saturated heterocycles. The molecule has 1 aromatic carbocycles. The van der Waals surface area contributed by atoms with Crippen LogP contribution in [-0.4, -0.2) is 15.7 Å². The van der Waals surface area contributed by atoms with Gasteiger partial charge >= 0.3 is 12.4 Å². The van der Waals surface area contributed by atoms with Crippen LogP contribution in [0.1, 0.15) is 24.2 Å². The maximum absolute atomic E-state index is 12.9. The van der Waals surface area contributed by atoms with Gasteiger partial charge in [0, 0.05) is 11.8 Å². The molecule has 0 amide bonds. The van der Waals surface area contributed by atoms with Crippen molar-refractivity contribution in [1.82, 2.24) is 9.55 Å². The Morgan fingerprint density at radius 1 is 1.09 bits per heavy atom. The summed E-state index contributed by atoms with van der Waals surface area (Å²) in [6, 6.07) is 4.71. The zero-order chi connectivity index (χ0) is 17.4. The molecule has 0 aliphatic heterocycles. The molecule has 0 saturated carbocycles. The summed E-state index contributed by atoms with van der Waals surface area (Å²) in [5, 5.41) is 8.69. The third-order valence-electron chi connectivity index (χ3n) is 3.19. The van der Waals surface area contributed by atoms with Crippen LogP contribution in [-0.2, 0) is 6.18 Å². The van der Waals surface area contributed by atoms with Gasteiger partial charge in [0.2, 0.25) is 0 Å². The number of hydrogen-bond donors (Lipinski definition) is 0. The molecule has 9 heteroatoms. The molecule has 0 aliphatic carbocycles. The highest BCUT2D eigenvalue weighted by Gasteiger charge is 2.41. The summed E-state index contributed by atoms with van der Waals surface area (Å²) in [7, 11) is 0. The van der Waals surface area contributed by atoms with E-state index in [1.165, 1.54) is 24.3 Å². The predicted molar refractivity (Wildman–Crippen MR) is 68.1 cm³/mol. The Bertz CT molecular complexity index is 734. The lowest BCUT2D eigenvalue weighted by Gasteiger charge is -2.19. The van der Waals surface area contributed by atoms with Crippen molar-refractivity contribution in [2.24, 2.45) is 0 Å². The van der Waals surface area contributed by atoms with Crippen molar-refractivity contribution in [2.75, 3.05) is 0 Å². The molecule has 3 nitrogen and oxygen atoms in total. The van der Waals surface area contributed by atoms with E-state index in [0.717, 1.165) is 6.92 Å². The fourth-order valence-electron chi connectivity index (χ4n) is 1.89. The Morgan fingerprint density at radius 3 is 2.09 bits per heavy atom. The highest BCUT2D eigenvalue weighted by atomic mass is 19.4. The van der Waals surface area contributed by atoms with E-state index in [2.05, 4.69) is 4.98 Å². The molecule has 2 aromatic rings. The van der Waals surface area contributed by atoms with E-state index in [9.17, 15) is 26.3 Å². The lowest BCUT2D eigenvalue weighted by molar-refractivity contribution is -0.163. The molecule has 1 aromatic heterocycles. The van der Waals surface area contributed by atoms with Crippen molar-refractivity contribution in [3.8, 4) is 17.5 Å². The van der Waals surface area contributed by atoms with Crippen molar-refractivity contribution in [2.45, 2.75) is 25.3 Å². The van der Waals surface area contributed by atoms with Gasteiger partial charge in [-0.1, -0.05) is 0 Å². The molecule has 0 aliphatic rings. The normalized spacial score (nSPS) is 13.7. The number of alkyl halides is 6. The van der Waals surface area contributed by atoms with E-state index < -0.39 is 29.9 Å². The molecule has 122 valence electrons. The van der Waals surface area contributed by atoms with Gasteiger partial charge < -0.3 is 4.57 Å². The second-order valence-electron chi connectivity index (χ2n) is 4.76. The molecule has 23 heavy (non-hydrogen) atoms. The third kappa shape index (κ3) is 3.47. The molecular weight excluding hydrogens is 324 g/mol. The fraction of sp³-hybridized carbons (Fsp3) is 0.286. The molecule has 1 atom stereocenters. The summed E-state index contributed by atoms with van der Waals surface area (Å²) in [4.78, 5) is 3.30. The van der Waals surface area contributed by atoms with Crippen LogP contribution < -0.4 is 0 Å². The smallest absolute Gasteiger partial charge is 0.318 e. The van der Waals surface area contributed by atoms with E-state index >= 15 is 0 Å². The van der Waals surface area contributed by atoms with E-state index in [1.54, 1.807) is 0 Å². The zero-order valence-electron chi connectivity index (χ0n) is 11.6. The van der Waals surface area contributed by atoms with Gasteiger partial charge in [-0.2, -0.15) is 31.6 Å². The summed E-state index contributed by atoms with van der Waals surface area (Å²) in [5.41, 5.74) is -1.13. The highest BCUT2D eigenvalue weighted by molar-refractivity contribution is 5.58. The average Bonchev–Trinajstić information content (AvgIpc) is 2.90. The molecule has 1 heterocycles. The van der Waals surface area contributed by atoms with Crippen LogP contribution in [0.4, 0.5) is 26.3 Å². The van der Waals surface area contributed by atoms with Crippen LogP contribution in [0.5, 0.6) is 0 Å². The first-order valence-electron chi connectivity index (χ1n) is 6.27. The maximum atomic E-state index is 12.9. The van der Waals surface area contributed by atoms with Crippen LogP contribution in [0, 0.1) is 11.3 Å². The molecule has 2 rings (SSSR count). The summed E-state index contributed by atoms with van der Waals surface area (Å²) in [6.07, 6.45) is -9.26. The van der Waals surface area contributed by atoms with E-state index in [4.69, 9.17) is 5.26 Å². The van der Waals surface area contributed by atoms with Crippen LogP contribution in [0.25, 0.3) is 11.4 Å². The Morgan fingerprint density at radius 2 is 1.65 bits per heavy atom. The number of rotatable bonds is 2. The Kier molecular flexibility index (Phi) is 4.11. The first kappa shape index (κ1) is 16.9. The second-order valence-corrected chi connectivity index (χ2v) is 4.76. The van der Waals surface area contributed by atoms with Crippen molar-refractivity contribution >= 4 is 0 Å². The van der Waals surface area contributed by atoms with Crippen LogP contribution in [0.3, 0.4) is 0 Å². The quantitative estimate of drug-likeness (QED) is 0.756. The van der Waals surface area contributed by atoms with Gasteiger partial charge in [-0.3, -0.25) is 0 Å². The van der Waals surface area contributed by atoms with Gasteiger partial charge in [-0.25, -0.2) is 4.98 Å². The minimum absolute atomic E-state index is 0.0515. The van der Waals surface area contributed by atoms with E-state index in [1.807, 2.05) is 6.07 Å². The summed E-state index contributed by atoms with van der Waals surface area (Å²) in [6.45, 7) is 0.745. The Labute approximate surface area is 126 Å². The van der Waals surface area contributed by atoms with Crippen molar-refractivity contribution in [3.05, 3.63) is 41.7 Å². The van der Waals surface area contributed by atoms with Crippen molar-refractivity contribution in [1.29, 1.82) is 5.26 Å². The molecular formula is C14H9F6N3. The summed E-state index contributed by atoms with van der Waals surface area (Å²) >= 11 is 0. The van der Waals surface area contributed by atoms with Crippen LogP contribution >= 0.6 is 0 Å². The monoisotopic (exact) mass is 333 g/mol. The Balaban J connectivity index is 2.60. The highest BCUT2D eigenvalue weighted by Crippen LogP contribution is 2.37. The van der Waals surface area contributed by atoms with Gasteiger partial charge in [0.05, 0.1) is 11.6 Å². The van der Waals surface area contributed by atoms with Gasteiger partial charge in [-0.05, 0) is 31.2 Å². The van der Waals surface area contributed by atoms with Crippen molar-refractivity contribution < 1.29 is 26.3 Å². The minimum atomic E-state index is -4.86. The standard InChI is InChI=1S/C14H9F6N3/c1-8(13(15,16)17)23-7-11(14(18,19)20)22-12(23)10-4-2-9(6-21)3-5-10/h2-5,7-8H,1H3. The number of imidazole rings is 1. The summed E-state index contributed by atoms with van der Waals surface area (Å²) in [5.74, 6) is -0.466. The largest absolute Gasteiger partial charge is 0.434 e. The number of hydrogen-bond acceptors (Lipinski definition) is 2. The van der Waals surface area contributed by atoms with Crippen LogP contribution in [0.2, 0.25) is 0 Å². The molecule has 0 spiro atoms. The van der Waals surface area contributed by atoms with Gasteiger partial charge in [0.25, 0.3) is 0 Å². The Hall–Kier alpha value is -2.50. The molecule has 0 bridgehead atoms. The van der Waals surface area contributed by atoms with Gasteiger partial charge in [-0.15, -0.1) is 0 Å². The first-order valence-corrected chi connectivity index (χ1v) is 6.27. The third-order valence-corrected chi connectivity index (χ3v) is 3.19. The average molecular weight is 333 g/mol. The number of halogens is 6. The van der Waals surface area contributed by atoms with E-state index in [-0.39, 0.29) is 11.1 Å². The molecule has 1 unspecified atom stereocenters. The van der Waals surface area contributed by atoms with Crippen LogP contribution in [0.15, 0.2) is 30.5 Å². The number of nitriles is 1. The molecule has 0 fully saturated rings. The van der Waals surface area contributed by atoms with Gasteiger partial charge in [0.1, 0.15) is 11.9 Å². The number of nitrogens with zero attached hydrogens (tertiary/aromatic N) is 3. The first-order chi connectivity index (χ1) is 10.5. The fourth-order valence-corrected chi connectivity index (χ4v) is 1.89. The zero-order valence-corrected chi connectivity index (χ0v) is 11.6. The summed E-state index contributed by atoms with van der Waals surface area (Å²) < 4.78 is 77.4. The second kappa shape index (κ2) is 5.61. The SMILES string of the molecule is CC(n1cc(C(F)(F)F)nc1-c1ccc(C#N)cc1)C(F)(F)F. The topological polar surface area (TPSA) is 41.6 Å². The molecule has 0 radical (unpaired) electrons. The maximum Gasteiger partial charge on any atom is 0.434 e. The predicted octanol–water partition coefficient (Wildman–Crippen LogP) is 4.56. The van der Waals surface area contributed by atoms with Gasteiger partial charge in [0.15, 0.2) is 5.69 Å². The van der Waals surface area contributed by atoms with Crippen molar-refractivity contribution in [3.63, 3.8) is 0 Å². The number of benzene rings is 1. The molecule has 0 N–H and O–H groups in total. The minimum Gasteiger partial charge on any atom is -0.318 e.